The summed E-state index contributed by atoms with van der Waals surface area (Å²) in [7, 11) is 2.10. The maximum Gasteiger partial charge on any atom is 0.203 e. The molecule has 1 heterocycles. The summed E-state index contributed by atoms with van der Waals surface area (Å²) in [6.45, 7) is 6.94. The zero-order valence-corrected chi connectivity index (χ0v) is 10.2. The van der Waals surface area contributed by atoms with Gasteiger partial charge in [0.05, 0.1) is 6.54 Å². The largest absolute Gasteiger partial charge is 0.449 e. The van der Waals surface area contributed by atoms with Crippen molar-refractivity contribution in [3.05, 3.63) is 23.7 Å². The third-order valence-corrected chi connectivity index (χ3v) is 2.59. The Morgan fingerprint density at radius 1 is 1.50 bits per heavy atom. The normalized spacial score (nSPS) is 11.0. The highest BCUT2D eigenvalue weighted by molar-refractivity contribution is 5.18. The van der Waals surface area contributed by atoms with Gasteiger partial charge in [0.1, 0.15) is 11.8 Å². The minimum Gasteiger partial charge on any atom is -0.449 e. The van der Waals surface area contributed by atoms with Crippen LogP contribution in [-0.4, -0.2) is 31.1 Å². The molecule has 0 saturated heterocycles. The Morgan fingerprint density at radius 2 is 2.25 bits per heavy atom. The van der Waals surface area contributed by atoms with Crippen molar-refractivity contribution in [1.82, 2.24) is 10.2 Å². The summed E-state index contributed by atoms with van der Waals surface area (Å²) in [5.74, 6) is 1.18. The molecule has 0 amide bonds. The van der Waals surface area contributed by atoms with Gasteiger partial charge in [0.25, 0.3) is 0 Å². The molecule has 0 aliphatic rings. The van der Waals surface area contributed by atoms with E-state index in [1.807, 2.05) is 12.1 Å². The first kappa shape index (κ1) is 12.8. The first-order chi connectivity index (χ1) is 7.63. The van der Waals surface area contributed by atoms with Crippen LogP contribution in [0.15, 0.2) is 16.5 Å². The molecule has 0 radical (unpaired) electrons. The number of rotatable bonds is 6. The van der Waals surface area contributed by atoms with Crippen LogP contribution in [0.3, 0.4) is 0 Å². The second-order valence-electron chi connectivity index (χ2n) is 4.13. The fourth-order valence-electron chi connectivity index (χ4n) is 1.26. The zero-order valence-electron chi connectivity index (χ0n) is 10.2. The van der Waals surface area contributed by atoms with Gasteiger partial charge < -0.3 is 14.6 Å². The molecule has 0 bridgehead atoms. The van der Waals surface area contributed by atoms with Crippen molar-refractivity contribution in [3.8, 4) is 6.07 Å². The van der Waals surface area contributed by atoms with Gasteiger partial charge in [0.2, 0.25) is 5.76 Å². The molecule has 0 aliphatic heterocycles. The number of nitrogens with one attached hydrogen (secondary N) is 1. The topological polar surface area (TPSA) is 52.2 Å². The molecule has 1 aromatic rings. The Hall–Kier alpha value is -1.31. The van der Waals surface area contributed by atoms with Crippen molar-refractivity contribution in [1.29, 1.82) is 5.26 Å². The Balaban J connectivity index is 2.19. The Labute approximate surface area is 96.8 Å². The summed E-state index contributed by atoms with van der Waals surface area (Å²) in [5, 5.41) is 11.9. The summed E-state index contributed by atoms with van der Waals surface area (Å²) in [6.07, 6.45) is 0. The van der Waals surface area contributed by atoms with Crippen LogP contribution < -0.4 is 5.32 Å². The molecule has 1 rings (SSSR count). The van der Waals surface area contributed by atoms with Gasteiger partial charge in [-0.3, -0.25) is 0 Å². The molecule has 0 saturated carbocycles. The summed E-state index contributed by atoms with van der Waals surface area (Å²) >= 11 is 0. The highest BCUT2D eigenvalue weighted by Crippen LogP contribution is 2.05. The van der Waals surface area contributed by atoms with E-state index in [0.29, 0.717) is 18.3 Å². The highest BCUT2D eigenvalue weighted by atomic mass is 16.3. The van der Waals surface area contributed by atoms with Gasteiger partial charge in [-0.25, -0.2) is 0 Å². The van der Waals surface area contributed by atoms with Gasteiger partial charge in [-0.1, -0.05) is 0 Å². The van der Waals surface area contributed by atoms with Crippen molar-refractivity contribution in [3.63, 3.8) is 0 Å². The number of hydrogen-bond acceptors (Lipinski definition) is 4. The molecule has 16 heavy (non-hydrogen) atoms. The number of hydrogen-bond donors (Lipinski definition) is 1. The average Bonchev–Trinajstić information content (AvgIpc) is 2.71. The molecule has 0 atom stereocenters. The minimum atomic E-state index is 0.371. The van der Waals surface area contributed by atoms with Crippen LogP contribution >= 0.6 is 0 Å². The lowest BCUT2D eigenvalue weighted by molar-refractivity contribution is 0.272. The van der Waals surface area contributed by atoms with E-state index < -0.39 is 0 Å². The van der Waals surface area contributed by atoms with Gasteiger partial charge in [0.15, 0.2) is 0 Å². The van der Waals surface area contributed by atoms with Gasteiger partial charge in [-0.2, -0.15) is 5.26 Å². The maximum absolute atomic E-state index is 8.59. The molecule has 0 aromatic carbocycles. The van der Waals surface area contributed by atoms with E-state index in [1.54, 1.807) is 6.07 Å². The van der Waals surface area contributed by atoms with E-state index in [9.17, 15) is 0 Å². The Kier molecular flexibility index (Phi) is 5.03. The predicted octanol–water partition coefficient (Wildman–Crippen LogP) is 1.58. The van der Waals surface area contributed by atoms with Gasteiger partial charge in [0, 0.05) is 19.1 Å². The summed E-state index contributed by atoms with van der Waals surface area (Å²) in [4.78, 5) is 2.27. The fourth-order valence-corrected chi connectivity index (χ4v) is 1.26. The molecule has 0 unspecified atom stereocenters. The quantitative estimate of drug-likeness (QED) is 0.741. The van der Waals surface area contributed by atoms with Crippen LogP contribution in [-0.2, 0) is 6.54 Å². The summed E-state index contributed by atoms with van der Waals surface area (Å²) in [5.41, 5.74) is 0. The third-order valence-electron chi connectivity index (χ3n) is 2.59. The van der Waals surface area contributed by atoms with Gasteiger partial charge in [-0.05, 0) is 33.0 Å². The lowest BCUT2D eigenvalue weighted by Crippen LogP contribution is -2.33. The van der Waals surface area contributed by atoms with E-state index in [2.05, 4.69) is 31.1 Å². The highest BCUT2D eigenvalue weighted by Gasteiger charge is 2.03. The molecule has 4 nitrogen and oxygen atoms in total. The molecule has 1 aromatic heterocycles. The van der Waals surface area contributed by atoms with E-state index in [0.717, 1.165) is 18.8 Å². The molecular formula is C12H19N3O. The molecule has 1 N–H and O–H groups in total. The molecular weight excluding hydrogens is 202 g/mol. The van der Waals surface area contributed by atoms with Crippen molar-refractivity contribution in [2.45, 2.75) is 26.4 Å². The standard InChI is InChI=1S/C12H19N3O/c1-10(2)15(3)7-6-14-9-12-5-4-11(8-13)16-12/h4-5,10,14H,6-7,9H2,1-3H3. The summed E-state index contributed by atoms with van der Waals surface area (Å²) in [6, 6.07) is 6.06. The summed E-state index contributed by atoms with van der Waals surface area (Å²) < 4.78 is 5.25. The molecule has 0 fully saturated rings. The smallest absolute Gasteiger partial charge is 0.203 e. The predicted molar refractivity (Wildman–Crippen MR) is 62.9 cm³/mol. The van der Waals surface area contributed by atoms with Crippen molar-refractivity contribution in [2.75, 3.05) is 20.1 Å². The second-order valence-corrected chi connectivity index (χ2v) is 4.13. The van der Waals surface area contributed by atoms with E-state index in [4.69, 9.17) is 9.68 Å². The first-order valence-corrected chi connectivity index (χ1v) is 5.53. The molecule has 88 valence electrons. The van der Waals surface area contributed by atoms with Crippen LogP contribution in [0, 0.1) is 11.3 Å². The van der Waals surface area contributed by atoms with Crippen molar-refractivity contribution in [2.24, 2.45) is 0 Å². The lowest BCUT2D eigenvalue weighted by Gasteiger charge is -2.20. The fraction of sp³-hybridized carbons (Fsp3) is 0.583. The van der Waals surface area contributed by atoms with Crippen LogP contribution in [0.25, 0.3) is 0 Å². The third kappa shape index (κ3) is 4.05. The Bertz CT molecular complexity index is 351. The number of nitrogens with zero attached hydrogens (tertiary/aromatic N) is 2. The first-order valence-electron chi connectivity index (χ1n) is 5.53. The van der Waals surface area contributed by atoms with Crippen LogP contribution in [0.4, 0.5) is 0 Å². The Morgan fingerprint density at radius 3 is 2.81 bits per heavy atom. The second kappa shape index (κ2) is 6.31. The van der Waals surface area contributed by atoms with Crippen molar-refractivity contribution >= 4 is 0 Å². The molecule has 4 heteroatoms. The van der Waals surface area contributed by atoms with Gasteiger partial charge >= 0.3 is 0 Å². The van der Waals surface area contributed by atoms with E-state index >= 15 is 0 Å². The monoisotopic (exact) mass is 221 g/mol. The van der Waals surface area contributed by atoms with Gasteiger partial charge in [-0.15, -0.1) is 0 Å². The average molecular weight is 221 g/mol. The van der Waals surface area contributed by atoms with E-state index in [-0.39, 0.29) is 0 Å². The molecule has 0 spiro atoms. The minimum absolute atomic E-state index is 0.371. The van der Waals surface area contributed by atoms with Crippen LogP contribution in [0.5, 0.6) is 0 Å². The van der Waals surface area contributed by atoms with Crippen molar-refractivity contribution < 1.29 is 4.42 Å². The number of furan rings is 1. The van der Waals surface area contributed by atoms with E-state index in [1.165, 1.54) is 0 Å². The number of likely N-dealkylation sites (N-methyl/N-ethyl adjacent to an activating group) is 1. The zero-order chi connectivity index (χ0) is 12.0. The molecule has 0 aliphatic carbocycles. The van der Waals surface area contributed by atoms with Crippen LogP contribution in [0.2, 0.25) is 0 Å². The lowest BCUT2D eigenvalue weighted by atomic mass is 10.3. The van der Waals surface area contributed by atoms with Crippen LogP contribution in [0.1, 0.15) is 25.4 Å². The maximum atomic E-state index is 8.59. The number of nitriles is 1. The SMILES string of the molecule is CC(C)N(C)CCNCc1ccc(C#N)o1.